The van der Waals surface area contributed by atoms with E-state index >= 15 is 0 Å². The summed E-state index contributed by atoms with van der Waals surface area (Å²) in [5.74, 6) is 0. The van der Waals surface area contributed by atoms with Crippen LogP contribution in [0.4, 0.5) is 0 Å². The Labute approximate surface area is 128 Å². The standard InChI is InChI=1S/C12H13N7O2S/c1-17-12(20)19(16-15-17)9-6-14-18(8-2-3-8)10(9)7-21-11-13-4-5-22-11/h4-6,8H,2-3,7H2,1H3. The zero-order valence-corrected chi connectivity index (χ0v) is 12.6. The largest absolute Gasteiger partial charge is 0.463 e. The second-order valence-corrected chi connectivity index (χ2v) is 5.89. The Hall–Kier alpha value is -2.49. The molecular weight excluding hydrogens is 306 g/mol. The van der Waals surface area contributed by atoms with Crippen molar-refractivity contribution < 1.29 is 4.74 Å². The van der Waals surface area contributed by atoms with Gasteiger partial charge in [-0.2, -0.15) is 14.5 Å². The van der Waals surface area contributed by atoms with E-state index < -0.39 is 0 Å². The lowest BCUT2D eigenvalue weighted by Gasteiger charge is -2.08. The Kier molecular flexibility index (Phi) is 3.03. The second-order valence-electron chi connectivity index (χ2n) is 5.04. The molecule has 0 radical (unpaired) electrons. The summed E-state index contributed by atoms with van der Waals surface area (Å²) in [5, 5.41) is 14.4. The zero-order chi connectivity index (χ0) is 15.1. The van der Waals surface area contributed by atoms with Gasteiger partial charge in [0.15, 0.2) is 0 Å². The highest BCUT2D eigenvalue weighted by molar-refractivity contribution is 7.11. The van der Waals surface area contributed by atoms with Gasteiger partial charge in [0, 0.05) is 18.6 Å². The molecule has 0 atom stereocenters. The molecule has 0 aliphatic heterocycles. The van der Waals surface area contributed by atoms with Gasteiger partial charge in [-0.1, -0.05) is 11.3 Å². The lowest BCUT2D eigenvalue weighted by molar-refractivity contribution is 0.289. The molecule has 3 aromatic rings. The van der Waals surface area contributed by atoms with Crippen molar-refractivity contribution in [1.29, 1.82) is 0 Å². The number of aromatic nitrogens is 7. The van der Waals surface area contributed by atoms with Gasteiger partial charge < -0.3 is 4.74 Å². The van der Waals surface area contributed by atoms with Gasteiger partial charge in [-0.3, -0.25) is 4.68 Å². The van der Waals surface area contributed by atoms with Crippen molar-refractivity contribution in [3.8, 4) is 10.9 Å². The minimum Gasteiger partial charge on any atom is -0.463 e. The number of hydrogen-bond donors (Lipinski definition) is 0. The smallest absolute Gasteiger partial charge is 0.368 e. The average Bonchev–Trinajstić information content (AvgIpc) is 2.94. The maximum absolute atomic E-state index is 12.1. The van der Waals surface area contributed by atoms with E-state index in [-0.39, 0.29) is 12.3 Å². The molecule has 0 N–H and O–H groups in total. The number of rotatable bonds is 5. The van der Waals surface area contributed by atoms with Crippen molar-refractivity contribution in [1.82, 2.24) is 34.6 Å². The van der Waals surface area contributed by atoms with Crippen LogP contribution in [0.3, 0.4) is 0 Å². The minimum absolute atomic E-state index is 0.280. The maximum atomic E-state index is 12.1. The van der Waals surface area contributed by atoms with Crippen molar-refractivity contribution in [2.24, 2.45) is 7.05 Å². The van der Waals surface area contributed by atoms with E-state index in [1.807, 2.05) is 10.1 Å². The predicted octanol–water partition coefficient (Wildman–Crippen LogP) is 0.533. The molecule has 1 fully saturated rings. The molecule has 3 aromatic heterocycles. The molecule has 0 bridgehead atoms. The van der Waals surface area contributed by atoms with E-state index in [0.29, 0.717) is 16.9 Å². The first-order valence-corrected chi connectivity index (χ1v) is 7.70. The van der Waals surface area contributed by atoms with Gasteiger partial charge in [-0.25, -0.2) is 9.78 Å². The SMILES string of the molecule is Cn1nnn(-c2cnn(C3CC3)c2COc2nccs2)c1=O. The van der Waals surface area contributed by atoms with Gasteiger partial charge in [-0.05, 0) is 23.3 Å². The van der Waals surface area contributed by atoms with Gasteiger partial charge in [0.2, 0.25) is 0 Å². The molecule has 0 saturated heterocycles. The summed E-state index contributed by atoms with van der Waals surface area (Å²) in [6, 6.07) is 0.371. The normalized spacial score (nSPS) is 14.4. The van der Waals surface area contributed by atoms with Gasteiger partial charge in [0.25, 0.3) is 5.19 Å². The Bertz CT molecular complexity index is 843. The lowest BCUT2D eigenvalue weighted by Crippen LogP contribution is -2.23. The van der Waals surface area contributed by atoms with Crippen LogP contribution in [0, 0.1) is 0 Å². The quantitative estimate of drug-likeness (QED) is 0.681. The van der Waals surface area contributed by atoms with Crippen LogP contribution in [0.2, 0.25) is 0 Å². The first kappa shape index (κ1) is 13.2. The van der Waals surface area contributed by atoms with Gasteiger partial charge in [-0.15, -0.1) is 0 Å². The summed E-state index contributed by atoms with van der Waals surface area (Å²) >= 11 is 1.42. The van der Waals surface area contributed by atoms with Crippen LogP contribution < -0.4 is 10.4 Å². The van der Waals surface area contributed by atoms with E-state index in [2.05, 4.69) is 20.5 Å². The molecule has 0 amide bonds. The van der Waals surface area contributed by atoms with E-state index in [4.69, 9.17) is 4.74 Å². The highest BCUT2D eigenvalue weighted by Crippen LogP contribution is 2.36. The summed E-state index contributed by atoms with van der Waals surface area (Å²) < 4.78 is 10.0. The van der Waals surface area contributed by atoms with Crippen LogP contribution in [-0.4, -0.2) is 34.6 Å². The Morgan fingerprint density at radius 1 is 1.41 bits per heavy atom. The molecule has 3 heterocycles. The van der Waals surface area contributed by atoms with Gasteiger partial charge in [0.05, 0.1) is 12.2 Å². The summed E-state index contributed by atoms with van der Waals surface area (Å²) in [5.41, 5.74) is 1.09. The first-order valence-electron chi connectivity index (χ1n) is 6.82. The summed E-state index contributed by atoms with van der Waals surface area (Å²) in [6.07, 6.45) is 5.49. The van der Waals surface area contributed by atoms with Crippen molar-refractivity contribution in [3.05, 3.63) is 34.0 Å². The highest BCUT2D eigenvalue weighted by Gasteiger charge is 2.29. The monoisotopic (exact) mass is 319 g/mol. The number of nitrogens with zero attached hydrogens (tertiary/aromatic N) is 7. The summed E-state index contributed by atoms with van der Waals surface area (Å²) in [7, 11) is 1.56. The third-order valence-electron chi connectivity index (χ3n) is 3.46. The minimum atomic E-state index is -0.314. The molecule has 0 aromatic carbocycles. The topological polar surface area (TPSA) is 92.7 Å². The van der Waals surface area contributed by atoms with Crippen molar-refractivity contribution >= 4 is 11.3 Å². The molecule has 9 nitrogen and oxygen atoms in total. The molecule has 22 heavy (non-hydrogen) atoms. The molecule has 0 spiro atoms. The van der Waals surface area contributed by atoms with E-state index in [1.54, 1.807) is 19.4 Å². The number of thiazole rings is 1. The number of hydrogen-bond acceptors (Lipinski definition) is 7. The summed E-state index contributed by atoms with van der Waals surface area (Å²) in [6.45, 7) is 0.280. The van der Waals surface area contributed by atoms with Crippen molar-refractivity contribution in [3.63, 3.8) is 0 Å². The molecule has 0 unspecified atom stereocenters. The van der Waals surface area contributed by atoms with Crippen LogP contribution in [0.15, 0.2) is 22.6 Å². The number of ether oxygens (including phenoxy) is 1. The second kappa shape index (κ2) is 5.05. The fraction of sp³-hybridized carbons (Fsp3) is 0.417. The third kappa shape index (κ3) is 2.21. The molecule has 1 saturated carbocycles. The Morgan fingerprint density at radius 2 is 2.27 bits per heavy atom. The van der Waals surface area contributed by atoms with Crippen molar-refractivity contribution in [2.45, 2.75) is 25.5 Å². The van der Waals surface area contributed by atoms with Crippen LogP contribution in [0.5, 0.6) is 5.19 Å². The molecular formula is C12H13N7O2S. The molecule has 1 aliphatic rings. The van der Waals surface area contributed by atoms with Crippen LogP contribution in [0.25, 0.3) is 5.69 Å². The highest BCUT2D eigenvalue weighted by atomic mass is 32.1. The number of tetrazole rings is 1. The lowest BCUT2D eigenvalue weighted by atomic mass is 10.3. The van der Waals surface area contributed by atoms with E-state index in [9.17, 15) is 4.79 Å². The van der Waals surface area contributed by atoms with E-state index in [1.165, 1.54) is 20.7 Å². The molecule has 1 aliphatic carbocycles. The molecule has 114 valence electrons. The van der Waals surface area contributed by atoms with Crippen molar-refractivity contribution in [2.75, 3.05) is 0 Å². The third-order valence-corrected chi connectivity index (χ3v) is 4.14. The molecule has 4 rings (SSSR count). The fourth-order valence-electron chi connectivity index (χ4n) is 2.21. The van der Waals surface area contributed by atoms with Gasteiger partial charge >= 0.3 is 5.69 Å². The van der Waals surface area contributed by atoms with Crippen LogP contribution in [0.1, 0.15) is 24.6 Å². The zero-order valence-electron chi connectivity index (χ0n) is 11.8. The maximum Gasteiger partial charge on any atom is 0.368 e. The fourth-order valence-corrected chi connectivity index (χ4v) is 2.69. The van der Waals surface area contributed by atoms with Crippen LogP contribution in [-0.2, 0) is 13.7 Å². The van der Waals surface area contributed by atoms with Gasteiger partial charge in [0.1, 0.15) is 18.0 Å². The molecule has 10 heteroatoms. The Balaban J connectivity index is 1.72. The van der Waals surface area contributed by atoms with E-state index in [0.717, 1.165) is 18.5 Å². The number of aryl methyl sites for hydroxylation is 1. The summed E-state index contributed by atoms with van der Waals surface area (Å²) in [4.78, 5) is 16.2. The predicted molar refractivity (Wildman–Crippen MR) is 77.1 cm³/mol. The Morgan fingerprint density at radius 3 is 2.91 bits per heavy atom. The van der Waals surface area contributed by atoms with Crippen LogP contribution >= 0.6 is 11.3 Å². The first-order chi connectivity index (χ1) is 10.7. The average molecular weight is 319 g/mol.